The Morgan fingerprint density at radius 3 is 2.62 bits per heavy atom. The minimum atomic E-state index is 0.193. The average Bonchev–Trinajstić information content (AvgIpc) is 2.24. The van der Waals surface area contributed by atoms with Gasteiger partial charge in [-0.3, -0.25) is 4.90 Å². The first kappa shape index (κ1) is 12.9. The molecular weight excluding hydrogens is 198 g/mol. The molecule has 1 rings (SSSR count). The number of aryl methyl sites for hydroxylation is 2. The van der Waals surface area contributed by atoms with Crippen molar-refractivity contribution < 1.29 is 5.11 Å². The van der Waals surface area contributed by atoms with Gasteiger partial charge in [-0.15, -0.1) is 6.58 Å². The highest BCUT2D eigenvalue weighted by atomic mass is 16.3. The molecule has 0 unspecified atom stereocenters. The maximum absolute atomic E-state index is 8.96. The maximum Gasteiger partial charge on any atom is 0.0558 e. The van der Waals surface area contributed by atoms with E-state index in [1.807, 2.05) is 6.08 Å². The lowest BCUT2D eigenvalue weighted by Crippen LogP contribution is -2.26. The number of aliphatic hydroxyl groups excluding tert-OH is 1. The van der Waals surface area contributed by atoms with Crippen LogP contribution in [-0.4, -0.2) is 29.7 Å². The van der Waals surface area contributed by atoms with Crippen LogP contribution in [0.1, 0.15) is 16.7 Å². The lowest BCUT2D eigenvalue weighted by atomic mass is 10.1. The van der Waals surface area contributed by atoms with Crippen LogP contribution >= 0.6 is 0 Å². The second-order valence-corrected chi connectivity index (χ2v) is 4.17. The van der Waals surface area contributed by atoms with E-state index < -0.39 is 0 Å². The molecule has 0 aliphatic rings. The Morgan fingerprint density at radius 2 is 2.06 bits per heavy atom. The Bertz CT molecular complexity index is 347. The van der Waals surface area contributed by atoms with Gasteiger partial charge in [0.05, 0.1) is 6.61 Å². The minimum Gasteiger partial charge on any atom is -0.395 e. The zero-order chi connectivity index (χ0) is 12.0. The first-order valence-electron chi connectivity index (χ1n) is 5.67. The molecule has 2 heteroatoms. The van der Waals surface area contributed by atoms with Crippen LogP contribution < -0.4 is 0 Å². The van der Waals surface area contributed by atoms with E-state index in [4.69, 9.17) is 5.11 Å². The highest BCUT2D eigenvalue weighted by Crippen LogP contribution is 2.11. The van der Waals surface area contributed by atoms with Gasteiger partial charge in [-0.25, -0.2) is 0 Å². The molecule has 0 aromatic heterocycles. The Balaban J connectivity index is 2.68. The van der Waals surface area contributed by atoms with Crippen molar-refractivity contribution in [1.29, 1.82) is 0 Å². The van der Waals surface area contributed by atoms with Crippen molar-refractivity contribution in [3.63, 3.8) is 0 Å². The van der Waals surface area contributed by atoms with Gasteiger partial charge in [-0.05, 0) is 30.5 Å². The third-order valence-corrected chi connectivity index (χ3v) is 2.78. The van der Waals surface area contributed by atoms with E-state index in [2.05, 4.69) is 43.5 Å². The molecule has 0 aliphatic heterocycles. The van der Waals surface area contributed by atoms with Gasteiger partial charge >= 0.3 is 0 Å². The van der Waals surface area contributed by atoms with Crippen molar-refractivity contribution in [1.82, 2.24) is 4.90 Å². The summed E-state index contributed by atoms with van der Waals surface area (Å²) in [5.74, 6) is 0. The van der Waals surface area contributed by atoms with Crippen LogP contribution in [0, 0.1) is 13.8 Å². The second kappa shape index (κ2) is 6.46. The van der Waals surface area contributed by atoms with E-state index in [9.17, 15) is 0 Å². The normalized spacial score (nSPS) is 10.8. The highest BCUT2D eigenvalue weighted by molar-refractivity contribution is 5.29. The van der Waals surface area contributed by atoms with Crippen LogP contribution in [0.5, 0.6) is 0 Å². The molecule has 0 radical (unpaired) electrons. The number of aliphatic hydroxyl groups is 1. The van der Waals surface area contributed by atoms with Gasteiger partial charge in [0, 0.05) is 19.6 Å². The fourth-order valence-corrected chi connectivity index (χ4v) is 1.72. The summed E-state index contributed by atoms with van der Waals surface area (Å²) in [5, 5.41) is 8.96. The molecule has 0 fully saturated rings. The first-order chi connectivity index (χ1) is 7.67. The molecule has 0 saturated heterocycles. The van der Waals surface area contributed by atoms with Crippen molar-refractivity contribution in [3.05, 3.63) is 47.5 Å². The fourth-order valence-electron chi connectivity index (χ4n) is 1.72. The molecule has 0 heterocycles. The molecule has 0 saturated carbocycles. The summed E-state index contributed by atoms with van der Waals surface area (Å²) in [5.41, 5.74) is 3.93. The van der Waals surface area contributed by atoms with Crippen LogP contribution in [0.3, 0.4) is 0 Å². The molecule has 0 bridgehead atoms. The average molecular weight is 219 g/mol. The third-order valence-electron chi connectivity index (χ3n) is 2.78. The Hall–Kier alpha value is -1.12. The van der Waals surface area contributed by atoms with Gasteiger partial charge in [0.1, 0.15) is 0 Å². The molecule has 88 valence electrons. The Labute approximate surface area is 98.2 Å². The molecule has 16 heavy (non-hydrogen) atoms. The van der Waals surface area contributed by atoms with Crippen molar-refractivity contribution in [2.24, 2.45) is 0 Å². The van der Waals surface area contributed by atoms with E-state index in [0.717, 1.165) is 13.1 Å². The standard InChI is InChI=1S/C14H21NO/c1-4-7-15(8-9-16)11-14-6-5-12(2)13(3)10-14/h4-6,10,16H,1,7-9,11H2,2-3H3. The largest absolute Gasteiger partial charge is 0.395 e. The number of hydrogen-bond acceptors (Lipinski definition) is 2. The van der Waals surface area contributed by atoms with Crippen LogP contribution in [0.4, 0.5) is 0 Å². The molecule has 2 nitrogen and oxygen atoms in total. The summed E-state index contributed by atoms with van der Waals surface area (Å²) in [7, 11) is 0. The molecule has 1 aromatic carbocycles. The molecule has 1 N–H and O–H groups in total. The van der Waals surface area contributed by atoms with E-state index in [1.54, 1.807) is 0 Å². The van der Waals surface area contributed by atoms with Gasteiger partial charge in [0.25, 0.3) is 0 Å². The quantitative estimate of drug-likeness (QED) is 0.742. The first-order valence-corrected chi connectivity index (χ1v) is 5.67. The molecule has 0 amide bonds. The van der Waals surface area contributed by atoms with Gasteiger partial charge in [-0.2, -0.15) is 0 Å². The van der Waals surface area contributed by atoms with Crippen molar-refractivity contribution in [2.75, 3.05) is 19.7 Å². The summed E-state index contributed by atoms with van der Waals surface area (Å²) < 4.78 is 0. The second-order valence-electron chi connectivity index (χ2n) is 4.17. The predicted molar refractivity (Wildman–Crippen MR) is 68.5 cm³/mol. The lowest BCUT2D eigenvalue weighted by Gasteiger charge is -2.19. The predicted octanol–water partition coefficient (Wildman–Crippen LogP) is 2.28. The molecule has 0 spiro atoms. The third kappa shape index (κ3) is 3.80. The Kier molecular flexibility index (Phi) is 5.23. The zero-order valence-corrected chi connectivity index (χ0v) is 10.2. The molecular formula is C14H21NO. The van der Waals surface area contributed by atoms with Gasteiger partial charge in [0.2, 0.25) is 0 Å². The van der Waals surface area contributed by atoms with Crippen molar-refractivity contribution in [3.8, 4) is 0 Å². The number of nitrogens with zero attached hydrogens (tertiary/aromatic N) is 1. The summed E-state index contributed by atoms with van der Waals surface area (Å²) in [6, 6.07) is 6.51. The number of hydrogen-bond donors (Lipinski definition) is 1. The zero-order valence-electron chi connectivity index (χ0n) is 10.2. The molecule has 1 aromatic rings. The fraction of sp³-hybridized carbons (Fsp3) is 0.429. The molecule has 0 aliphatic carbocycles. The number of benzene rings is 1. The maximum atomic E-state index is 8.96. The smallest absolute Gasteiger partial charge is 0.0558 e. The van der Waals surface area contributed by atoms with E-state index in [0.29, 0.717) is 6.54 Å². The van der Waals surface area contributed by atoms with Crippen molar-refractivity contribution in [2.45, 2.75) is 20.4 Å². The summed E-state index contributed by atoms with van der Waals surface area (Å²) in [6.45, 7) is 10.5. The highest BCUT2D eigenvalue weighted by Gasteiger charge is 2.04. The van der Waals surface area contributed by atoms with Crippen LogP contribution in [0.15, 0.2) is 30.9 Å². The topological polar surface area (TPSA) is 23.5 Å². The van der Waals surface area contributed by atoms with Crippen LogP contribution in [0.2, 0.25) is 0 Å². The van der Waals surface area contributed by atoms with E-state index in [1.165, 1.54) is 16.7 Å². The van der Waals surface area contributed by atoms with Gasteiger partial charge in [-0.1, -0.05) is 24.3 Å². The Morgan fingerprint density at radius 1 is 1.31 bits per heavy atom. The summed E-state index contributed by atoms with van der Waals surface area (Å²) >= 11 is 0. The minimum absolute atomic E-state index is 0.193. The SMILES string of the molecule is C=CCN(CCO)Cc1ccc(C)c(C)c1. The van der Waals surface area contributed by atoms with E-state index in [-0.39, 0.29) is 6.61 Å². The van der Waals surface area contributed by atoms with Crippen LogP contribution in [0.25, 0.3) is 0 Å². The summed E-state index contributed by atoms with van der Waals surface area (Å²) in [4.78, 5) is 2.18. The van der Waals surface area contributed by atoms with Crippen LogP contribution in [-0.2, 0) is 6.54 Å². The summed E-state index contributed by atoms with van der Waals surface area (Å²) in [6.07, 6.45) is 1.87. The van der Waals surface area contributed by atoms with Crippen molar-refractivity contribution >= 4 is 0 Å². The lowest BCUT2D eigenvalue weighted by molar-refractivity contribution is 0.203. The monoisotopic (exact) mass is 219 g/mol. The van der Waals surface area contributed by atoms with Gasteiger partial charge < -0.3 is 5.11 Å². The number of rotatable bonds is 6. The molecule has 0 atom stereocenters. The van der Waals surface area contributed by atoms with E-state index >= 15 is 0 Å². The van der Waals surface area contributed by atoms with Gasteiger partial charge in [0.15, 0.2) is 0 Å².